The highest BCUT2D eigenvalue weighted by Crippen LogP contribution is 2.41. The highest BCUT2D eigenvalue weighted by atomic mass is 14.3. The molecule has 1 unspecified atom stereocenters. The van der Waals surface area contributed by atoms with E-state index in [4.69, 9.17) is 0 Å². The van der Waals surface area contributed by atoms with Gasteiger partial charge in [-0.3, -0.25) is 0 Å². The Labute approximate surface area is 113 Å². The zero-order valence-corrected chi connectivity index (χ0v) is 10.7. The Morgan fingerprint density at radius 1 is 0.737 bits per heavy atom. The lowest BCUT2D eigenvalue weighted by Crippen LogP contribution is -1.99. The van der Waals surface area contributed by atoms with Gasteiger partial charge in [0.1, 0.15) is 0 Å². The van der Waals surface area contributed by atoms with Gasteiger partial charge in [0.25, 0.3) is 0 Å². The molecule has 19 heavy (non-hydrogen) atoms. The first-order chi connectivity index (χ1) is 9.42. The lowest BCUT2D eigenvalue weighted by Gasteiger charge is -2.11. The minimum absolute atomic E-state index is 0.517. The van der Waals surface area contributed by atoms with E-state index >= 15 is 0 Å². The third-order valence-corrected chi connectivity index (χ3v) is 4.05. The fraction of sp³-hybridized carbons (Fsp3) is 0.105. The third kappa shape index (κ3) is 1.76. The summed E-state index contributed by atoms with van der Waals surface area (Å²) in [5.74, 6) is 0.517. The van der Waals surface area contributed by atoms with Crippen LogP contribution in [0.1, 0.15) is 22.6 Å². The van der Waals surface area contributed by atoms with E-state index in [2.05, 4.69) is 73.2 Å². The van der Waals surface area contributed by atoms with Crippen LogP contribution in [-0.2, 0) is 6.42 Å². The molecule has 1 aliphatic carbocycles. The summed E-state index contributed by atoms with van der Waals surface area (Å²) in [5.41, 5.74) is 4.29. The van der Waals surface area contributed by atoms with Crippen LogP contribution in [0.15, 0.2) is 66.7 Å². The molecule has 0 amide bonds. The predicted octanol–water partition coefficient (Wildman–Crippen LogP) is 4.73. The maximum atomic E-state index is 2.42. The monoisotopic (exact) mass is 243 g/mol. The fourth-order valence-electron chi connectivity index (χ4n) is 3.19. The van der Waals surface area contributed by atoms with E-state index in [0.29, 0.717) is 5.92 Å². The van der Waals surface area contributed by atoms with Crippen LogP contribution in [0, 0.1) is 6.42 Å². The van der Waals surface area contributed by atoms with Crippen molar-refractivity contribution in [3.8, 4) is 0 Å². The summed E-state index contributed by atoms with van der Waals surface area (Å²) in [6.45, 7) is 0. The summed E-state index contributed by atoms with van der Waals surface area (Å²) in [4.78, 5) is 0. The van der Waals surface area contributed by atoms with Gasteiger partial charge in [-0.15, -0.1) is 0 Å². The van der Waals surface area contributed by atoms with Gasteiger partial charge in [0.15, 0.2) is 0 Å². The molecule has 0 saturated carbocycles. The molecule has 3 aromatic carbocycles. The molecule has 0 saturated heterocycles. The van der Waals surface area contributed by atoms with Crippen molar-refractivity contribution in [2.24, 2.45) is 0 Å². The van der Waals surface area contributed by atoms with E-state index in [1.165, 1.54) is 27.5 Å². The van der Waals surface area contributed by atoms with E-state index in [9.17, 15) is 0 Å². The van der Waals surface area contributed by atoms with Gasteiger partial charge in [0.05, 0.1) is 0 Å². The van der Waals surface area contributed by atoms with Crippen LogP contribution in [0.3, 0.4) is 0 Å². The van der Waals surface area contributed by atoms with Crippen LogP contribution in [0.5, 0.6) is 0 Å². The van der Waals surface area contributed by atoms with E-state index in [1.807, 2.05) is 0 Å². The Kier molecular flexibility index (Phi) is 2.41. The largest absolute Gasteiger partial charge is 0.0622 e. The van der Waals surface area contributed by atoms with E-state index in [-0.39, 0.29) is 0 Å². The molecule has 0 nitrogen and oxygen atoms in total. The molecule has 1 aliphatic rings. The summed E-state index contributed by atoms with van der Waals surface area (Å²) in [5, 5.41) is 2.81. The molecule has 0 aromatic heterocycles. The molecule has 0 heteroatoms. The second kappa shape index (κ2) is 4.24. The Balaban J connectivity index is 1.77. The van der Waals surface area contributed by atoms with Crippen molar-refractivity contribution in [1.82, 2.24) is 0 Å². The van der Waals surface area contributed by atoms with Gasteiger partial charge in [-0.1, -0.05) is 66.7 Å². The number of rotatable bonds is 2. The summed E-state index contributed by atoms with van der Waals surface area (Å²) < 4.78 is 0. The summed E-state index contributed by atoms with van der Waals surface area (Å²) >= 11 is 0. The second-order valence-electron chi connectivity index (χ2n) is 5.26. The van der Waals surface area contributed by atoms with Crippen molar-refractivity contribution in [2.45, 2.75) is 12.3 Å². The molecule has 0 bridgehead atoms. The maximum absolute atomic E-state index is 2.42. The summed E-state index contributed by atoms with van der Waals surface area (Å²) in [7, 11) is 0. The second-order valence-corrected chi connectivity index (χ2v) is 5.26. The van der Waals surface area contributed by atoms with E-state index in [1.54, 1.807) is 0 Å². The lowest BCUT2D eigenvalue weighted by atomic mass is 9.93. The summed E-state index contributed by atoms with van der Waals surface area (Å²) in [6.07, 6.45) is 3.51. The molecule has 0 N–H and O–H groups in total. The van der Waals surface area contributed by atoms with Gasteiger partial charge in [0, 0.05) is 0 Å². The van der Waals surface area contributed by atoms with Crippen LogP contribution >= 0.6 is 0 Å². The van der Waals surface area contributed by atoms with Crippen LogP contribution in [0.2, 0.25) is 0 Å². The molecular formula is C19H15. The van der Waals surface area contributed by atoms with Crippen LogP contribution in [0.25, 0.3) is 10.8 Å². The average Bonchev–Trinajstić information content (AvgIpc) is 2.81. The first kappa shape index (κ1) is 10.8. The first-order valence-corrected chi connectivity index (χ1v) is 6.82. The molecule has 0 heterocycles. The van der Waals surface area contributed by atoms with Crippen molar-refractivity contribution in [1.29, 1.82) is 0 Å². The number of hydrogen-bond acceptors (Lipinski definition) is 0. The fourth-order valence-corrected chi connectivity index (χ4v) is 3.19. The standard InChI is InChI=1S/C19H15/c1-2-6-14(7-3-1)12-17-13-16-10-4-8-15-9-5-11-18(17)19(15)16/h1-11,13,17H,12H2. The average molecular weight is 243 g/mol. The Morgan fingerprint density at radius 3 is 2.37 bits per heavy atom. The molecule has 91 valence electrons. The van der Waals surface area contributed by atoms with Gasteiger partial charge in [-0.2, -0.15) is 0 Å². The highest BCUT2D eigenvalue weighted by Gasteiger charge is 2.24. The van der Waals surface area contributed by atoms with Gasteiger partial charge in [0.2, 0.25) is 0 Å². The minimum atomic E-state index is 0.517. The Bertz CT molecular complexity index is 720. The SMILES string of the molecule is [CH]1c2cccc3cccc(c23)C1Cc1ccccc1. The van der Waals surface area contributed by atoms with Gasteiger partial charge < -0.3 is 0 Å². The first-order valence-electron chi connectivity index (χ1n) is 6.82. The molecule has 0 spiro atoms. The quantitative estimate of drug-likeness (QED) is 0.610. The topological polar surface area (TPSA) is 0 Å². The number of hydrogen-bond donors (Lipinski definition) is 0. The maximum Gasteiger partial charge on any atom is -0.000836 e. The minimum Gasteiger partial charge on any atom is -0.0622 e. The summed E-state index contributed by atoms with van der Waals surface area (Å²) in [6, 6.07) is 24.0. The van der Waals surface area contributed by atoms with Crippen LogP contribution < -0.4 is 0 Å². The molecule has 0 aliphatic heterocycles. The molecule has 4 rings (SSSR count). The molecule has 0 fully saturated rings. The lowest BCUT2D eigenvalue weighted by molar-refractivity contribution is 0.818. The van der Waals surface area contributed by atoms with Crippen molar-refractivity contribution < 1.29 is 0 Å². The Morgan fingerprint density at radius 2 is 1.53 bits per heavy atom. The van der Waals surface area contributed by atoms with Gasteiger partial charge in [-0.05, 0) is 46.2 Å². The van der Waals surface area contributed by atoms with E-state index in [0.717, 1.165) is 6.42 Å². The predicted molar refractivity (Wildman–Crippen MR) is 80.2 cm³/mol. The van der Waals surface area contributed by atoms with Gasteiger partial charge >= 0.3 is 0 Å². The van der Waals surface area contributed by atoms with Crippen LogP contribution in [-0.4, -0.2) is 0 Å². The van der Waals surface area contributed by atoms with Crippen molar-refractivity contribution >= 4 is 10.8 Å². The normalized spacial score (nSPS) is 16.9. The van der Waals surface area contributed by atoms with Crippen molar-refractivity contribution in [3.05, 3.63) is 89.8 Å². The van der Waals surface area contributed by atoms with Gasteiger partial charge in [-0.25, -0.2) is 0 Å². The van der Waals surface area contributed by atoms with Crippen molar-refractivity contribution in [2.75, 3.05) is 0 Å². The van der Waals surface area contributed by atoms with E-state index < -0.39 is 0 Å². The van der Waals surface area contributed by atoms with Crippen LogP contribution in [0.4, 0.5) is 0 Å². The van der Waals surface area contributed by atoms with Crippen molar-refractivity contribution in [3.63, 3.8) is 0 Å². The zero-order valence-electron chi connectivity index (χ0n) is 10.7. The zero-order chi connectivity index (χ0) is 12.7. The molecule has 3 aromatic rings. The Hall–Kier alpha value is -2.08. The number of benzene rings is 3. The molecular weight excluding hydrogens is 228 g/mol. The highest BCUT2D eigenvalue weighted by molar-refractivity contribution is 5.93. The molecule has 1 radical (unpaired) electrons. The third-order valence-electron chi connectivity index (χ3n) is 4.05. The molecule has 1 atom stereocenters. The smallest absolute Gasteiger partial charge is 0.000836 e.